The van der Waals surface area contributed by atoms with Crippen molar-refractivity contribution in [3.05, 3.63) is 23.3 Å². The number of fused-ring (bicyclic) bond motifs is 1. The van der Waals surface area contributed by atoms with Crippen LogP contribution in [0, 0.1) is 0 Å². The van der Waals surface area contributed by atoms with Gasteiger partial charge in [0.05, 0.1) is 5.56 Å². The molecule has 14 heavy (non-hydrogen) atoms. The van der Waals surface area contributed by atoms with Gasteiger partial charge in [-0.1, -0.05) is 0 Å². The molecule has 0 aliphatic carbocycles. The lowest BCUT2D eigenvalue weighted by atomic mass is 10.0. The lowest BCUT2D eigenvalue weighted by Crippen LogP contribution is -2.05. The summed E-state index contributed by atoms with van der Waals surface area (Å²) in [6.45, 7) is 3.41. The van der Waals surface area contributed by atoms with Gasteiger partial charge in [-0.3, -0.25) is 4.79 Å². The first kappa shape index (κ1) is 9.06. The number of carbonyl (C=O) groups is 1. The van der Waals surface area contributed by atoms with Crippen LogP contribution in [0.25, 0.3) is 0 Å². The molecule has 1 unspecified atom stereocenters. The Morgan fingerprint density at radius 3 is 2.93 bits per heavy atom. The Labute approximate surface area is 82.3 Å². The largest absolute Gasteiger partial charge is 0.507 e. The molecule has 1 heterocycles. The number of aromatic hydroxyl groups is 1. The summed E-state index contributed by atoms with van der Waals surface area (Å²) in [6.07, 6.45) is 0.933. The summed E-state index contributed by atoms with van der Waals surface area (Å²) >= 11 is 0. The molecule has 3 heteroatoms. The number of hydrogen-bond acceptors (Lipinski definition) is 3. The van der Waals surface area contributed by atoms with Crippen LogP contribution < -0.4 is 4.74 Å². The van der Waals surface area contributed by atoms with Crippen molar-refractivity contribution in [2.45, 2.75) is 26.4 Å². The van der Waals surface area contributed by atoms with Crippen molar-refractivity contribution < 1.29 is 14.6 Å². The van der Waals surface area contributed by atoms with Gasteiger partial charge in [-0.05, 0) is 25.5 Å². The zero-order chi connectivity index (χ0) is 10.3. The number of phenolic OH excluding ortho intramolecular Hbond substituents is 1. The molecule has 0 amide bonds. The maximum absolute atomic E-state index is 11.1. The summed E-state index contributed by atoms with van der Waals surface area (Å²) in [5, 5.41) is 9.53. The first-order valence-electron chi connectivity index (χ1n) is 4.61. The van der Waals surface area contributed by atoms with E-state index in [1.807, 2.05) is 6.92 Å². The second-order valence-electron chi connectivity index (χ2n) is 3.67. The highest BCUT2D eigenvalue weighted by atomic mass is 16.5. The van der Waals surface area contributed by atoms with Crippen LogP contribution >= 0.6 is 0 Å². The zero-order valence-electron chi connectivity index (χ0n) is 8.20. The van der Waals surface area contributed by atoms with Crippen molar-refractivity contribution in [3.8, 4) is 11.5 Å². The fourth-order valence-corrected chi connectivity index (χ4v) is 1.73. The molecule has 1 aromatic rings. The van der Waals surface area contributed by atoms with Gasteiger partial charge >= 0.3 is 0 Å². The quantitative estimate of drug-likeness (QED) is 0.691. The molecule has 0 aromatic heterocycles. The lowest BCUT2D eigenvalue weighted by Gasteiger charge is -2.04. The molecule has 3 nitrogen and oxygen atoms in total. The van der Waals surface area contributed by atoms with Crippen molar-refractivity contribution in [2.24, 2.45) is 0 Å². The Morgan fingerprint density at radius 1 is 1.57 bits per heavy atom. The van der Waals surface area contributed by atoms with E-state index < -0.39 is 0 Å². The van der Waals surface area contributed by atoms with Crippen molar-refractivity contribution in [2.75, 3.05) is 0 Å². The number of benzene rings is 1. The molecule has 0 saturated heterocycles. The van der Waals surface area contributed by atoms with E-state index in [-0.39, 0.29) is 17.6 Å². The third-order valence-electron chi connectivity index (χ3n) is 2.39. The van der Waals surface area contributed by atoms with E-state index in [4.69, 9.17) is 4.74 Å². The van der Waals surface area contributed by atoms with Crippen LogP contribution in [0.2, 0.25) is 0 Å². The van der Waals surface area contributed by atoms with Gasteiger partial charge < -0.3 is 9.84 Å². The second-order valence-corrected chi connectivity index (χ2v) is 3.67. The van der Waals surface area contributed by atoms with E-state index in [1.54, 1.807) is 6.07 Å². The zero-order valence-corrected chi connectivity index (χ0v) is 8.20. The van der Waals surface area contributed by atoms with E-state index in [1.165, 1.54) is 13.0 Å². The fourth-order valence-electron chi connectivity index (χ4n) is 1.73. The predicted octanol–water partition coefficient (Wildman–Crippen LogP) is 1.92. The van der Waals surface area contributed by atoms with Crippen molar-refractivity contribution in [1.29, 1.82) is 0 Å². The average Bonchev–Trinajstić information content (AvgIpc) is 2.42. The second kappa shape index (κ2) is 3.01. The van der Waals surface area contributed by atoms with E-state index in [9.17, 15) is 9.90 Å². The molecular formula is C11H12O3. The van der Waals surface area contributed by atoms with Crippen molar-refractivity contribution >= 4 is 5.78 Å². The highest BCUT2D eigenvalue weighted by molar-refractivity contribution is 5.97. The normalized spacial score (nSPS) is 18.9. The summed E-state index contributed by atoms with van der Waals surface area (Å²) in [4.78, 5) is 11.1. The number of Topliss-reactive ketones (excluding diaryl/α,β-unsaturated/α-hetero) is 1. The molecule has 0 spiro atoms. The summed E-state index contributed by atoms with van der Waals surface area (Å²) in [5.41, 5.74) is 1.38. The van der Waals surface area contributed by atoms with E-state index in [0.29, 0.717) is 11.3 Å². The van der Waals surface area contributed by atoms with Gasteiger partial charge in [0.15, 0.2) is 5.78 Å². The summed E-state index contributed by atoms with van der Waals surface area (Å²) in [6, 6.07) is 3.24. The molecule has 74 valence electrons. The average molecular weight is 192 g/mol. The molecule has 1 N–H and O–H groups in total. The Kier molecular flexibility index (Phi) is 1.95. The van der Waals surface area contributed by atoms with Crippen molar-refractivity contribution in [1.82, 2.24) is 0 Å². The highest BCUT2D eigenvalue weighted by Gasteiger charge is 2.22. The molecule has 0 fully saturated rings. The number of carbonyl (C=O) groups excluding carboxylic acids is 1. The topological polar surface area (TPSA) is 46.5 Å². The van der Waals surface area contributed by atoms with Gasteiger partial charge in [0, 0.05) is 12.5 Å². The lowest BCUT2D eigenvalue weighted by molar-refractivity contribution is 0.101. The maximum Gasteiger partial charge on any atom is 0.163 e. The van der Waals surface area contributed by atoms with Crippen LogP contribution in [0.15, 0.2) is 12.1 Å². The van der Waals surface area contributed by atoms with Crippen LogP contribution in [-0.4, -0.2) is 17.0 Å². The molecule has 0 radical (unpaired) electrons. The van der Waals surface area contributed by atoms with Crippen LogP contribution in [0.5, 0.6) is 11.5 Å². The van der Waals surface area contributed by atoms with Crippen molar-refractivity contribution in [3.63, 3.8) is 0 Å². The number of ketones is 1. The van der Waals surface area contributed by atoms with Gasteiger partial charge in [0.2, 0.25) is 0 Å². The molecule has 0 bridgehead atoms. The predicted molar refractivity (Wildman–Crippen MR) is 51.9 cm³/mol. The molecule has 1 atom stereocenters. The number of rotatable bonds is 1. The minimum Gasteiger partial charge on any atom is -0.507 e. The minimum absolute atomic E-state index is 0.00495. The smallest absolute Gasteiger partial charge is 0.163 e. The Hall–Kier alpha value is -1.51. The van der Waals surface area contributed by atoms with Crippen LogP contribution in [0.3, 0.4) is 0 Å². The van der Waals surface area contributed by atoms with E-state index in [0.717, 1.165) is 12.0 Å². The van der Waals surface area contributed by atoms with Crippen LogP contribution in [-0.2, 0) is 6.42 Å². The molecule has 2 rings (SSSR count). The molecule has 1 aromatic carbocycles. The van der Waals surface area contributed by atoms with Gasteiger partial charge in [-0.25, -0.2) is 0 Å². The Bertz CT molecular complexity index is 396. The number of ether oxygens (including phenoxy) is 1. The molecule has 1 aliphatic heterocycles. The van der Waals surface area contributed by atoms with E-state index >= 15 is 0 Å². The first-order chi connectivity index (χ1) is 6.58. The summed E-state index contributed by atoms with van der Waals surface area (Å²) < 4.78 is 5.45. The third-order valence-corrected chi connectivity index (χ3v) is 2.39. The third kappa shape index (κ3) is 1.35. The van der Waals surface area contributed by atoms with Gasteiger partial charge in [-0.2, -0.15) is 0 Å². The van der Waals surface area contributed by atoms with E-state index in [2.05, 4.69) is 0 Å². The Morgan fingerprint density at radius 2 is 2.29 bits per heavy atom. The first-order valence-corrected chi connectivity index (χ1v) is 4.61. The SMILES string of the molecule is CC(=O)c1cc2c(cc1O)OC(C)C2. The molecule has 1 aliphatic rings. The Balaban J connectivity index is 2.50. The monoisotopic (exact) mass is 192 g/mol. The number of hydrogen-bond donors (Lipinski definition) is 1. The summed E-state index contributed by atoms with van der Waals surface area (Å²) in [7, 11) is 0. The highest BCUT2D eigenvalue weighted by Crippen LogP contribution is 2.34. The van der Waals surface area contributed by atoms with Gasteiger partial charge in [-0.15, -0.1) is 0 Å². The minimum atomic E-state index is -0.121. The fraction of sp³-hybridized carbons (Fsp3) is 0.364. The van der Waals surface area contributed by atoms with Crippen LogP contribution in [0.1, 0.15) is 29.8 Å². The maximum atomic E-state index is 11.1. The van der Waals surface area contributed by atoms with Crippen LogP contribution in [0.4, 0.5) is 0 Å². The molecule has 0 saturated carbocycles. The number of phenols is 1. The standard InChI is InChI=1S/C11H12O3/c1-6-3-8-4-9(7(2)12)10(13)5-11(8)14-6/h4-6,13H,3H2,1-2H3. The van der Waals surface area contributed by atoms with Gasteiger partial charge in [0.1, 0.15) is 17.6 Å². The van der Waals surface area contributed by atoms with Gasteiger partial charge in [0.25, 0.3) is 0 Å². The molecular weight excluding hydrogens is 180 g/mol. The summed E-state index contributed by atoms with van der Waals surface area (Å²) in [5.74, 6) is 0.579.